The molecule has 0 spiro atoms. The summed E-state index contributed by atoms with van der Waals surface area (Å²) in [5.41, 5.74) is 16.1. The van der Waals surface area contributed by atoms with E-state index in [1.54, 1.807) is 0 Å². The number of hydrogen-bond donors (Lipinski definition) is 0. The number of aryl methyl sites for hydroxylation is 4. The van der Waals surface area contributed by atoms with Crippen LogP contribution in [0.25, 0.3) is 67.4 Å². The summed E-state index contributed by atoms with van der Waals surface area (Å²) >= 11 is 0. The fourth-order valence-electron chi connectivity index (χ4n) is 9.52. The van der Waals surface area contributed by atoms with Crippen molar-refractivity contribution in [3.05, 3.63) is 251 Å². The summed E-state index contributed by atoms with van der Waals surface area (Å²) in [6.07, 6.45) is 8.80. The first-order valence-corrected chi connectivity index (χ1v) is 22.9. The molecule has 0 amide bonds. The van der Waals surface area contributed by atoms with Gasteiger partial charge in [-0.05, 0) is 142 Å². The van der Waals surface area contributed by atoms with Crippen molar-refractivity contribution in [2.75, 3.05) is 9.80 Å². The van der Waals surface area contributed by atoms with E-state index < -0.39 is 0 Å². The minimum Gasteiger partial charge on any atom is -0.308 e. The molecular formula is C64H50N2. The Morgan fingerprint density at radius 1 is 0.288 bits per heavy atom. The quantitative estimate of drug-likeness (QED) is 0.0769. The Morgan fingerprint density at radius 2 is 0.621 bits per heavy atom. The fraction of sp³-hybridized carbons (Fsp3) is 0.0625. The van der Waals surface area contributed by atoms with Gasteiger partial charge in [0.05, 0.1) is 11.4 Å². The number of anilines is 6. The maximum absolute atomic E-state index is 2.50. The van der Waals surface area contributed by atoms with Crippen LogP contribution in [-0.2, 0) is 0 Å². The van der Waals surface area contributed by atoms with Crippen molar-refractivity contribution in [1.82, 2.24) is 0 Å². The molecule has 66 heavy (non-hydrogen) atoms. The topological polar surface area (TPSA) is 6.48 Å². The highest BCUT2D eigenvalue weighted by Gasteiger charge is 2.28. The molecule has 2 heteroatoms. The molecule has 0 saturated carbocycles. The first-order valence-electron chi connectivity index (χ1n) is 22.9. The molecule has 0 aliphatic heterocycles. The van der Waals surface area contributed by atoms with Crippen molar-refractivity contribution >= 4 is 102 Å². The molecule has 316 valence electrons. The van der Waals surface area contributed by atoms with Gasteiger partial charge in [0, 0.05) is 28.1 Å². The monoisotopic (exact) mass is 846 g/mol. The molecule has 11 aromatic carbocycles. The molecule has 11 aromatic rings. The molecule has 0 N–H and O–H groups in total. The van der Waals surface area contributed by atoms with Crippen LogP contribution >= 0.6 is 0 Å². The number of nitrogens with zero attached hydrogens (tertiary/aromatic N) is 2. The lowest BCUT2D eigenvalue weighted by Gasteiger charge is -2.35. The summed E-state index contributed by atoms with van der Waals surface area (Å²) in [6, 6.07) is 76.2. The van der Waals surface area contributed by atoms with Crippen LogP contribution in [0.5, 0.6) is 0 Å². The van der Waals surface area contributed by atoms with E-state index in [0.29, 0.717) is 0 Å². The maximum atomic E-state index is 2.50. The van der Waals surface area contributed by atoms with Gasteiger partial charge in [-0.25, -0.2) is 0 Å². The first kappa shape index (κ1) is 40.6. The highest BCUT2D eigenvalue weighted by Crippen LogP contribution is 2.54. The Hall–Kier alpha value is -8.20. The molecule has 0 aliphatic rings. The van der Waals surface area contributed by atoms with Gasteiger partial charge in [0.25, 0.3) is 0 Å². The zero-order valence-corrected chi connectivity index (χ0v) is 37.8. The first-order chi connectivity index (χ1) is 32.3. The van der Waals surface area contributed by atoms with Gasteiger partial charge in [0.2, 0.25) is 0 Å². The van der Waals surface area contributed by atoms with Gasteiger partial charge in [0.15, 0.2) is 0 Å². The van der Waals surface area contributed by atoms with Crippen molar-refractivity contribution < 1.29 is 0 Å². The number of hydrogen-bond acceptors (Lipinski definition) is 2. The van der Waals surface area contributed by atoms with Crippen LogP contribution in [0.1, 0.15) is 44.5 Å². The van der Waals surface area contributed by atoms with E-state index in [0.717, 1.165) is 45.3 Å². The number of benzene rings is 11. The summed E-state index contributed by atoms with van der Waals surface area (Å²) in [6.45, 7) is 8.58. The Balaban J connectivity index is 1.19. The van der Waals surface area contributed by atoms with E-state index in [1.807, 2.05) is 0 Å². The number of fused-ring (bicyclic) bond motifs is 2. The summed E-state index contributed by atoms with van der Waals surface area (Å²) < 4.78 is 0. The zero-order chi connectivity index (χ0) is 44.7. The second-order valence-electron chi connectivity index (χ2n) is 17.7. The Morgan fingerprint density at radius 3 is 1.06 bits per heavy atom. The smallest absolute Gasteiger partial charge is 0.0788 e. The summed E-state index contributed by atoms with van der Waals surface area (Å²) in [4.78, 5) is 4.96. The van der Waals surface area contributed by atoms with Crippen LogP contribution in [0.4, 0.5) is 34.1 Å². The van der Waals surface area contributed by atoms with Gasteiger partial charge >= 0.3 is 0 Å². The minimum atomic E-state index is 1.07. The average Bonchev–Trinajstić information content (AvgIpc) is 3.35. The second kappa shape index (κ2) is 17.1. The summed E-state index contributed by atoms with van der Waals surface area (Å²) in [5.74, 6) is 0. The Kier molecular flexibility index (Phi) is 10.5. The van der Waals surface area contributed by atoms with Crippen LogP contribution < -0.4 is 9.80 Å². The van der Waals surface area contributed by atoms with Crippen molar-refractivity contribution in [3.8, 4) is 0 Å². The third kappa shape index (κ3) is 7.67. The molecule has 0 saturated heterocycles. The molecule has 0 atom stereocenters. The lowest BCUT2D eigenvalue weighted by atomic mass is 9.87. The third-order valence-electron chi connectivity index (χ3n) is 13.0. The zero-order valence-electron chi connectivity index (χ0n) is 37.8. The molecule has 0 fully saturated rings. The lowest BCUT2D eigenvalue weighted by molar-refractivity contribution is 1.23. The highest BCUT2D eigenvalue weighted by molar-refractivity contribution is 6.37. The molecule has 0 aromatic heterocycles. The van der Waals surface area contributed by atoms with Gasteiger partial charge in [-0.1, -0.05) is 198 Å². The van der Waals surface area contributed by atoms with Gasteiger partial charge in [-0.3, -0.25) is 0 Å². The van der Waals surface area contributed by atoms with Gasteiger partial charge in [-0.15, -0.1) is 0 Å². The molecule has 0 aliphatic carbocycles. The lowest BCUT2D eigenvalue weighted by Crippen LogP contribution is -2.18. The second-order valence-corrected chi connectivity index (χ2v) is 17.7. The van der Waals surface area contributed by atoms with Crippen LogP contribution in [0.3, 0.4) is 0 Å². The average molecular weight is 847 g/mol. The molecular weight excluding hydrogens is 797 g/mol. The van der Waals surface area contributed by atoms with Gasteiger partial charge in [0.1, 0.15) is 0 Å². The maximum Gasteiger partial charge on any atom is 0.0788 e. The predicted octanol–water partition coefficient (Wildman–Crippen LogP) is 18.3. The van der Waals surface area contributed by atoms with Crippen LogP contribution in [0, 0.1) is 27.7 Å². The summed E-state index contributed by atoms with van der Waals surface area (Å²) in [7, 11) is 0. The van der Waals surface area contributed by atoms with E-state index in [4.69, 9.17) is 0 Å². The molecule has 0 heterocycles. The van der Waals surface area contributed by atoms with Gasteiger partial charge < -0.3 is 9.80 Å². The van der Waals surface area contributed by atoms with E-state index in [-0.39, 0.29) is 0 Å². The number of rotatable bonds is 10. The molecule has 0 radical (unpaired) electrons. The van der Waals surface area contributed by atoms with E-state index in [2.05, 4.69) is 268 Å². The SMILES string of the molecule is Cc1ccc(C=Cc2ccc(N(c3ccc(C)cc3)c3cc4cccc5c6cccc7cccc(c(c3N(c3ccc(C)cc3)c3ccc(C=Cc8ccc(C)cc8)cc3)c45)c76)cc2)cc1. The minimum absolute atomic E-state index is 1.07. The van der Waals surface area contributed by atoms with Gasteiger partial charge in [-0.2, -0.15) is 0 Å². The van der Waals surface area contributed by atoms with Crippen LogP contribution in [0.15, 0.2) is 206 Å². The van der Waals surface area contributed by atoms with E-state index in [1.165, 1.54) is 76.5 Å². The van der Waals surface area contributed by atoms with E-state index in [9.17, 15) is 0 Å². The largest absolute Gasteiger partial charge is 0.308 e. The van der Waals surface area contributed by atoms with Crippen molar-refractivity contribution in [1.29, 1.82) is 0 Å². The predicted molar refractivity (Wildman–Crippen MR) is 287 cm³/mol. The molecule has 0 bridgehead atoms. The fourth-order valence-corrected chi connectivity index (χ4v) is 9.52. The standard InChI is InChI=1S/C64H50N2/c1-43-14-22-47(23-15-43)26-28-49-30-38-54(39-31-49)65(53-34-18-45(3)19-35-53)60-42-52-10-7-12-58-57-11-5-8-51-9-6-13-59(61(51)57)63(62(52)58)64(60)66(55-36-20-46(4)21-37-55)56-40-32-50(33-41-56)29-27-48-24-16-44(2)17-25-48/h5-42H,1-4H3. The molecule has 2 nitrogen and oxygen atoms in total. The van der Waals surface area contributed by atoms with Crippen LogP contribution in [0.2, 0.25) is 0 Å². The molecule has 11 rings (SSSR count). The summed E-state index contributed by atoms with van der Waals surface area (Å²) in [5, 5.41) is 9.97. The normalized spacial score (nSPS) is 11.8. The third-order valence-corrected chi connectivity index (χ3v) is 13.0. The van der Waals surface area contributed by atoms with Crippen LogP contribution in [-0.4, -0.2) is 0 Å². The van der Waals surface area contributed by atoms with E-state index >= 15 is 0 Å². The Bertz CT molecular complexity index is 3560. The highest BCUT2D eigenvalue weighted by atomic mass is 15.2. The van der Waals surface area contributed by atoms with Crippen molar-refractivity contribution in [3.63, 3.8) is 0 Å². The van der Waals surface area contributed by atoms with Crippen molar-refractivity contribution in [2.24, 2.45) is 0 Å². The molecule has 0 unspecified atom stereocenters. The van der Waals surface area contributed by atoms with Crippen molar-refractivity contribution in [2.45, 2.75) is 27.7 Å². The Labute approximate surface area is 388 Å².